The lowest BCUT2D eigenvalue weighted by Crippen LogP contribution is -2.63. The van der Waals surface area contributed by atoms with Crippen molar-refractivity contribution in [2.75, 3.05) is 4.90 Å². The van der Waals surface area contributed by atoms with Crippen molar-refractivity contribution in [1.29, 1.82) is 0 Å². The number of benzene rings is 7. The molecule has 2 saturated heterocycles. The second-order valence-corrected chi connectivity index (χ2v) is 18.2. The molecule has 4 atom stereocenters. The number of anilines is 3. The van der Waals surface area contributed by atoms with Crippen LogP contribution in [-0.2, 0) is 14.9 Å². The van der Waals surface area contributed by atoms with Crippen LogP contribution in [0.15, 0.2) is 133 Å². The Hall–Kier alpha value is -6.01. The molecule has 7 aromatic carbocycles. The van der Waals surface area contributed by atoms with E-state index >= 15 is 0 Å². The molecule has 2 fully saturated rings. The number of rotatable bonds is 6. The van der Waals surface area contributed by atoms with Gasteiger partial charge in [-0.2, -0.15) is 0 Å². The molecule has 0 radical (unpaired) electrons. The zero-order valence-electron chi connectivity index (χ0n) is 33.7. The van der Waals surface area contributed by atoms with Crippen molar-refractivity contribution in [1.82, 2.24) is 0 Å². The maximum Gasteiger partial charge on any atom is 0.248 e. The highest BCUT2D eigenvalue weighted by molar-refractivity contribution is 7.05. The van der Waals surface area contributed by atoms with Gasteiger partial charge in [0.25, 0.3) is 0 Å². The lowest BCUT2D eigenvalue weighted by atomic mass is 9.32. The fourth-order valence-corrected chi connectivity index (χ4v) is 10.5. The summed E-state index contributed by atoms with van der Waals surface area (Å²) in [5, 5.41) is 0. The van der Waals surface area contributed by atoms with Gasteiger partial charge in [0.1, 0.15) is 23.7 Å². The van der Waals surface area contributed by atoms with Crippen LogP contribution < -0.4 is 47.2 Å². The zero-order chi connectivity index (χ0) is 39.5. The van der Waals surface area contributed by atoms with E-state index in [0.29, 0.717) is 0 Å². The summed E-state index contributed by atoms with van der Waals surface area (Å²) in [5.41, 5.74) is 23.6. The molecule has 7 aromatic rings. The summed E-state index contributed by atoms with van der Waals surface area (Å²) in [6.07, 6.45) is -0.000716. The van der Waals surface area contributed by atoms with E-state index in [9.17, 15) is 0 Å². The molecule has 6 aliphatic heterocycles. The van der Waals surface area contributed by atoms with Gasteiger partial charge < -0.3 is 23.8 Å². The summed E-state index contributed by atoms with van der Waals surface area (Å²) in [6, 6.07) is 50.2. The maximum absolute atomic E-state index is 6.05. The third kappa shape index (κ3) is 4.95. The van der Waals surface area contributed by atoms with Crippen molar-refractivity contribution in [3.05, 3.63) is 139 Å². The highest BCUT2D eigenvalue weighted by Crippen LogP contribution is 2.46. The van der Waals surface area contributed by atoms with Gasteiger partial charge in [-0.3, -0.25) is 0 Å². The van der Waals surface area contributed by atoms with Gasteiger partial charge in [0.2, 0.25) is 26.0 Å². The van der Waals surface area contributed by atoms with Gasteiger partial charge in [-0.15, -0.1) is 0 Å². The SMILES string of the molecule is CC1OC1Oc1ccc(-c2ccc3c(c2)-c2cccc4c2B3c2cc(C(C)(C)C)cc3c2N4c2cc(-c4ccc(OC5OC5C)cc4)cc4c2B3c2ccccc2-4)cc1. The Kier molecular flexibility index (Phi) is 6.79. The molecule has 5 nitrogen and oxygen atoms in total. The monoisotopic (exact) mass is 765 g/mol. The summed E-state index contributed by atoms with van der Waals surface area (Å²) in [7, 11) is 0. The Morgan fingerprint density at radius 3 is 1.66 bits per heavy atom. The molecule has 13 rings (SSSR count). The van der Waals surface area contributed by atoms with Gasteiger partial charge in [0.05, 0.1) is 0 Å². The van der Waals surface area contributed by atoms with Gasteiger partial charge in [0.15, 0.2) is 0 Å². The van der Waals surface area contributed by atoms with Crippen molar-refractivity contribution < 1.29 is 18.9 Å². The molecule has 0 spiro atoms. The molecular weight excluding hydrogens is 724 g/mol. The highest BCUT2D eigenvalue weighted by atomic mass is 16.8. The van der Waals surface area contributed by atoms with Crippen LogP contribution in [0.1, 0.15) is 40.2 Å². The molecule has 59 heavy (non-hydrogen) atoms. The minimum absolute atomic E-state index is 0.0361. The summed E-state index contributed by atoms with van der Waals surface area (Å²) in [4.78, 5) is 2.64. The quantitative estimate of drug-likeness (QED) is 0.129. The highest BCUT2D eigenvalue weighted by Gasteiger charge is 2.50. The Bertz CT molecular complexity index is 2950. The Morgan fingerprint density at radius 1 is 0.492 bits per heavy atom. The van der Waals surface area contributed by atoms with Gasteiger partial charge >= 0.3 is 0 Å². The minimum Gasteiger partial charge on any atom is -0.462 e. The third-order valence-electron chi connectivity index (χ3n) is 13.6. The molecule has 6 aliphatic rings. The molecule has 0 N–H and O–H groups in total. The third-order valence-corrected chi connectivity index (χ3v) is 13.6. The van der Waals surface area contributed by atoms with E-state index in [1.54, 1.807) is 0 Å². The number of fused-ring (bicyclic) bond motifs is 10. The molecule has 0 bridgehead atoms. The van der Waals surface area contributed by atoms with Crippen LogP contribution in [0.25, 0.3) is 44.5 Å². The number of nitrogens with zero attached hydrogens (tertiary/aromatic N) is 1. The lowest BCUT2D eigenvalue weighted by Gasteiger charge is -2.43. The van der Waals surface area contributed by atoms with E-state index in [1.165, 1.54) is 99.9 Å². The van der Waals surface area contributed by atoms with Gasteiger partial charge in [-0.1, -0.05) is 117 Å². The van der Waals surface area contributed by atoms with Gasteiger partial charge in [-0.25, -0.2) is 0 Å². The normalized spacial score (nSPS) is 20.4. The number of ether oxygens (including phenoxy) is 4. The molecule has 0 aliphatic carbocycles. The van der Waals surface area contributed by atoms with Crippen LogP contribution in [0.2, 0.25) is 0 Å². The topological polar surface area (TPSA) is 46.8 Å². The second-order valence-electron chi connectivity index (χ2n) is 18.2. The van der Waals surface area contributed by atoms with Crippen molar-refractivity contribution in [2.45, 2.75) is 64.8 Å². The zero-order valence-corrected chi connectivity index (χ0v) is 33.7. The van der Waals surface area contributed by atoms with Crippen molar-refractivity contribution >= 4 is 63.3 Å². The number of hydrogen-bond acceptors (Lipinski definition) is 5. The Labute approximate surface area is 345 Å². The average Bonchev–Trinajstić information content (AvgIpc) is 4.06. The fraction of sp³-hybridized carbons (Fsp3) is 0.192. The summed E-state index contributed by atoms with van der Waals surface area (Å²) in [6.45, 7) is 11.4. The fourth-order valence-electron chi connectivity index (χ4n) is 10.5. The van der Waals surface area contributed by atoms with Gasteiger partial charge in [0, 0.05) is 17.1 Å². The van der Waals surface area contributed by atoms with E-state index in [1.807, 2.05) is 13.8 Å². The van der Waals surface area contributed by atoms with Crippen LogP contribution in [-0.4, -0.2) is 38.2 Å². The molecule has 0 aromatic heterocycles. The molecule has 7 heteroatoms. The summed E-state index contributed by atoms with van der Waals surface area (Å²) >= 11 is 0. The molecule has 284 valence electrons. The van der Waals surface area contributed by atoms with Crippen molar-refractivity contribution in [3.8, 4) is 56.0 Å². The predicted molar refractivity (Wildman–Crippen MR) is 241 cm³/mol. The first-order valence-electron chi connectivity index (χ1n) is 21.1. The Balaban J connectivity index is 1.01. The van der Waals surface area contributed by atoms with Crippen LogP contribution >= 0.6 is 0 Å². The maximum atomic E-state index is 6.05. The van der Waals surface area contributed by atoms with E-state index in [4.69, 9.17) is 18.9 Å². The molecule has 6 heterocycles. The standard InChI is InChI=1S/C52H41B2NO4/c1-28-50(56-28)58-35-18-13-30(14-19-35)32-17-22-42-39(23-32)38-10-8-12-45-47(38)54(42)44-27-34(52(3,4)5)26-43-49(44)55(45)46-25-33(31-15-20-36(21-16-31)59-51-29(2)57-51)24-40-37-9-6-7-11-41(37)53(43)48(40)46/h6-29,50-51H,1-5H3. The predicted octanol–water partition coefficient (Wildman–Crippen LogP) is 7.66. The van der Waals surface area contributed by atoms with Crippen LogP contribution in [0.4, 0.5) is 17.1 Å². The Morgan fingerprint density at radius 2 is 1.03 bits per heavy atom. The van der Waals surface area contributed by atoms with E-state index in [0.717, 1.165) is 11.5 Å². The molecular formula is C52H41B2NO4. The van der Waals surface area contributed by atoms with E-state index in [2.05, 4.69) is 159 Å². The molecule has 0 saturated carbocycles. The van der Waals surface area contributed by atoms with E-state index in [-0.39, 0.29) is 43.6 Å². The van der Waals surface area contributed by atoms with Crippen molar-refractivity contribution in [3.63, 3.8) is 0 Å². The number of hydrogen-bond donors (Lipinski definition) is 0. The first kappa shape index (κ1) is 33.9. The van der Waals surface area contributed by atoms with Crippen LogP contribution in [0, 0.1) is 0 Å². The van der Waals surface area contributed by atoms with Crippen LogP contribution in [0.5, 0.6) is 11.5 Å². The van der Waals surface area contributed by atoms with Crippen molar-refractivity contribution in [2.24, 2.45) is 0 Å². The average molecular weight is 766 g/mol. The molecule has 4 unspecified atom stereocenters. The lowest BCUT2D eigenvalue weighted by molar-refractivity contribution is 0.178. The van der Waals surface area contributed by atoms with E-state index < -0.39 is 0 Å². The van der Waals surface area contributed by atoms with Crippen LogP contribution in [0.3, 0.4) is 0 Å². The summed E-state index contributed by atoms with van der Waals surface area (Å²) < 4.78 is 23.1. The second kappa shape index (κ2) is 11.8. The molecule has 0 amide bonds. The first-order valence-corrected chi connectivity index (χ1v) is 21.1. The van der Waals surface area contributed by atoms with Gasteiger partial charge in [-0.05, 0) is 140 Å². The summed E-state index contributed by atoms with van der Waals surface area (Å²) in [5.74, 6) is 1.67. The minimum atomic E-state index is -0.154. The largest absolute Gasteiger partial charge is 0.462 e. The number of epoxide rings is 2. The smallest absolute Gasteiger partial charge is 0.248 e. The first-order chi connectivity index (χ1) is 28.7.